The zero-order chi connectivity index (χ0) is 21.2. The van der Waals surface area contributed by atoms with Gasteiger partial charge in [-0.1, -0.05) is 23.5 Å². The van der Waals surface area contributed by atoms with Crippen molar-refractivity contribution in [1.82, 2.24) is 19.4 Å². The third-order valence-corrected chi connectivity index (χ3v) is 6.11. The molecule has 0 fully saturated rings. The largest absolute Gasteiger partial charge is 0.459 e. The van der Waals surface area contributed by atoms with Crippen LogP contribution in [0.4, 0.5) is 5.13 Å². The molecule has 0 aliphatic carbocycles. The summed E-state index contributed by atoms with van der Waals surface area (Å²) in [4.78, 5) is 36.5. The van der Waals surface area contributed by atoms with E-state index in [1.54, 1.807) is 24.7 Å². The Bertz CT molecular complexity index is 1200. The fourth-order valence-corrected chi connectivity index (χ4v) is 4.53. The van der Waals surface area contributed by atoms with E-state index < -0.39 is 0 Å². The van der Waals surface area contributed by atoms with Crippen LogP contribution in [-0.2, 0) is 19.5 Å². The first-order valence-corrected chi connectivity index (χ1v) is 10.6. The van der Waals surface area contributed by atoms with Crippen LogP contribution in [0.3, 0.4) is 0 Å². The quantitative estimate of drug-likeness (QED) is 0.520. The highest BCUT2D eigenvalue weighted by Gasteiger charge is 2.25. The zero-order valence-electron chi connectivity index (χ0n) is 16.5. The van der Waals surface area contributed by atoms with Gasteiger partial charge in [-0.25, -0.2) is 9.97 Å². The molecule has 2 amide bonds. The van der Waals surface area contributed by atoms with Gasteiger partial charge in [-0.2, -0.15) is 0 Å². The SMILES string of the molecule is O=C(Nc1nc2c(s1)CN(C(=O)c1ccc(Cn3ccnc3)cc1)CC2)c1ccco1. The molecule has 0 atom stereocenters. The fraction of sp³-hybridized carbons (Fsp3) is 0.182. The van der Waals surface area contributed by atoms with Crippen LogP contribution in [0.5, 0.6) is 0 Å². The molecule has 1 aliphatic rings. The van der Waals surface area contributed by atoms with Gasteiger partial charge in [-0.3, -0.25) is 14.9 Å². The molecule has 3 aromatic heterocycles. The van der Waals surface area contributed by atoms with Gasteiger partial charge in [0.15, 0.2) is 10.9 Å². The van der Waals surface area contributed by atoms with Crippen molar-refractivity contribution in [2.24, 2.45) is 0 Å². The number of rotatable bonds is 5. The van der Waals surface area contributed by atoms with E-state index in [-0.39, 0.29) is 17.6 Å². The number of imidazole rings is 1. The van der Waals surface area contributed by atoms with Gasteiger partial charge < -0.3 is 13.9 Å². The van der Waals surface area contributed by atoms with Crippen LogP contribution in [0.15, 0.2) is 65.8 Å². The first kappa shape index (κ1) is 19.3. The summed E-state index contributed by atoms with van der Waals surface area (Å²) in [5.74, 6) is -0.101. The van der Waals surface area contributed by atoms with Crippen molar-refractivity contribution < 1.29 is 14.0 Å². The maximum atomic E-state index is 13.0. The van der Waals surface area contributed by atoms with Crippen molar-refractivity contribution in [2.45, 2.75) is 19.5 Å². The number of fused-ring (bicyclic) bond motifs is 1. The average molecular weight is 433 g/mol. The molecule has 31 heavy (non-hydrogen) atoms. The van der Waals surface area contributed by atoms with Crippen LogP contribution in [-0.4, -0.2) is 37.8 Å². The molecule has 156 valence electrons. The monoisotopic (exact) mass is 433 g/mol. The minimum Gasteiger partial charge on any atom is -0.459 e. The van der Waals surface area contributed by atoms with Crippen molar-refractivity contribution in [2.75, 3.05) is 11.9 Å². The smallest absolute Gasteiger partial charge is 0.293 e. The molecule has 8 nitrogen and oxygen atoms in total. The van der Waals surface area contributed by atoms with Crippen molar-refractivity contribution >= 4 is 28.3 Å². The van der Waals surface area contributed by atoms with E-state index in [4.69, 9.17) is 4.42 Å². The molecule has 0 spiro atoms. The van der Waals surface area contributed by atoms with E-state index in [9.17, 15) is 9.59 Å². The lowest BCUT2D eigenvalue weighted by Crippen LogP contribution is -2.35. The standard InChI is InChI=1S/C22H19N5O3S/c28-20(18-2-1-11-30-18)25-22-24-17-7-9-27(13-19(17)31-22)21(29)16-5-3-15(4-6-16)12-26-10-8-23-14-26/h1-6,8,10-11,14H,7,9,12-13H2,(H,24,25,28). The van der Waals surface area contributed by atoms with E-state index >= 15 is 0 Å². The van der Waals surface area contributed by atoms with Gasteiger partial charge in [-0.15, -0.1) is 0 Å². The number of hydrogen-bond acceptors (Lipinski definition) is 6. The van der Waals surface area contributed by atoms with Crippen LogP contribution in [0.25, 0.3) is 0 Å². The molecule has 4 heterocycles. The number of carbonyl (C=O) groups excluding carboxylic acids is 2. The molecule has 0 saturated heterocycles. The van der Waals surface area contributed by atoms with Crippen molar-refractivity contribution in [3.63, 3.8) is 0 Å². The molecule has 9 heteroatoms. The number of anilines is 1. The molecule has 0 saturated carbocycles. The molecule has 0 unspecified atom stereocenters. The normalized spacial score (nSPS) is 13.1. The number of benzene rings is 1. The van der Waals surface area contributed by atoms with Gasteiger partial charge in [-0.05, 0) is 29.8 Å². The van der Waals surface area contributed by atoms with E-state index in [1.807, 2.05) is 39.9 Å². The Morgan fingerprint density at radius 3 is 2.81 bits per heavy atom. The van der Waals surface area contributed by atoms with Gasteiger partial charge in [0.2, 0.25) is 0 Å². The maximum absolute atomic E-state index is 13.0. The number of thiazole rings is 1. The third kappa shape index (κ3) is 4.13. The van der Waals surface area contributed by atoms with Gasteiger partial charge >= 0.3 is 0 Å². The number of aromatic nitrogens is 3. The summed E-state index contributed by atoms with van der Waals surface area (Å²) in [6, 6.07) is 10.9. The molecule has 0 bridgehead atoms. The topological polar surface area (TPSA) is 93.3 Å². The van der Waals surface area contributed by atoms with Crippen LogP contribution < -0.4 is 5.32 Å². The Labute approximate surface area is 182 Å². The fourth-order valence-electron chi connectivity index (χ4n) is 3.52. The Morgan fingerprint density at radius 2 is 2.06 bits per heavy atom. The molecule has 0 radical (unpaired) electrons. The van der Waals surface area contributed by atoms with Gasteiger partial charge in [0.1, 0.15) is 0 Å². The minimum atomic E-state index is -0.334. The molecule has 1 aromatic carbocycles. The van der Waals surface area contributed by atoms with E-state index in [1.165, 1.54) is 17.6 Å². The second-order valence-electron chi connectivity index (χ2n) is 7.23. The highest BCUT2D eigenvalue weighted by Crippen LogP contribution is 2.29. The molecular formula is C22H19N5O3S. The second-order valence-corrected chi connectivity index (χ2v) is 8.31. The molecule has 1 aliphatic heterocycles. The van der Waals surface area contributed by atoms with E-state index in [0.29, 0.717) is 30.2 Å². The van der Waals surface area contributed by atoms with E-state index in [2.05, 4.69) is 15.3 Å². The van der Waals surface area contributed by atoms with Gasteiger partial charge in [0, 0.05) is 42.3 Å². The second kappa shape index (κ2) is 8.19. The number of carbonyl (C=O) groups is 2. The summed E-state index contributed by atoms with van der Waals surface area (Å²) in [6.45, 7) is 1.80. The molecule has 5 rings (SSSR count). The van der Waals surface area contributed by atoms with Gasteiger partial charge in [0.05, 0.1) is 24.8 Å². The van der Waals surface area contributed by atoms with E-state index in [0.717, 1.165) is 22.7 Å². The summed E-state index contributed by atoms with van der Waals surface area (Å²) in [7, 11) is 0. The van der Waals surface area contributed by atoms with Crippen LogP contribution in [0.1, 0.15) is 37.0 Å². The lowest BCUT2D eigenvalue weighted by Gasteiger charge is -2.26. The average Bonchev–Trinajstić information content (AvgIpc) is 3.55. The predicted molar refractivity (Wildman–Crippen MR) is 115 cm³/mol. The first-order chi connectivity index (χ1) is 15.2. The summed E-state index contributed by atoms with van der Waals surface area (Å²) < 4.78 is 7.09. The number of amides is 2. The molecular weight excluding hydrogens is 414 g/mol. The minimum absolute atomic E-state index is 0.00518. The molecule has 4 aromatic rings. The Morgan fingerprint density at radius 1 is 1.19 bits per heavy atom. The number of nitrogens with zero attached hydrogens (tertiary/aromatic N) is 4. The van der Waals surface area contributed by atoms with Crippen molar-refractivity contribution in [1.29, 1.82) is 0 Å². The highest BCUT2D eigenvalue weighted by atomic mass is 32.1. The predicted octanol–water partition coefficient (Wildman–Crippen LogP) is 3.43. The summed E-state index contributed by atoms with van der Waals surface area (Å²) in [5, 5.41) is 3.28. The number of furan rings is 1. The Balaban J connectivity index is 1.24. The maximum Gasteiger partial charge on any atom is 0.293 e. The van der Waals surface area contributed by atoms with Crippen LogP contribution in [0.2, 0.25) is 0 Å². The lowest BCUT2D eigenvalue weighted by atomic mass is 10.1. The lowest BCUT2D eigenvalue weighted by molar-refractivity contribution is 0.0736. The van der Waals surface area contributed by atoms with Crippen molar-refractivity contribution in [3.05, 3.63) is 88.8 Å². The Hall–Kier alpha value is -3.72. The summed E-state index contributed by atoms with van der Waals surface area (Å²) in [6.07, 6.45) is 7.54. The number of nitrogens with one attached hydrogen (secondary N) is 1. The Kier molecular flexibility index (Phi) is 5.09. The molecule has 1 N–H and O–H groups in total. The van der Waals surface area contributed by atoms with Gasteiger partial charge in [0.25, 0.3) is 11.8 Å². The highest BCUT2D eigenvalue weighted by molar-refractivity contribution is 7.15. The zero-order valence-corrected chi connectivity index (χ0v) is 17.3. The first-order valence-electron chi connectivity index (χ1n) is 9.83. The third-order valence-electron chi connectivity index (χ3n) is 5.11. The van der Waals surface area contributed by atoms with Crippen LogP contribution >= 0.6 is 11.3 Å². The summed E-state index contributed by atoms with van der Waals surface area (Å²) >= 11 is 1.39. The van der Waals surface area contributed by atoms with Crippen LogP contribution in [0, 0.1) is 0 Å². The number of hydrogen-bond donors (Lipinski definition) is 1. The van der Waals surface area contributed by atoms with Crippen molar-refractivity contribution in [3.8, 4) is 0 Å². The summed E-state index contributed by atoms with van der Waals surface area (Å²) in [5.41, 5.74) is 2.70.